The van der Waals surface area contributed by atoms with Crippen molar-refractivity contribution in [3.63, 3.8) is 0 Å². The van der Waals surface area contributed by atoms with Gasteiger partial charge in [-0.1, -0.05) is 11.6 Å². The van der Waals surface area contributed by atoms with Gasteiger partial charge in [-0.3, -0.25) is 4.99 Å². The van der Waals surface area contributed by atoms with E-state index in [9.17, 15) is 5.11 Å². The molecule has 2 aromatic rings. The highest BCUT2D eigenvalue weighted by atomic mass is 127. The molecule has 0 amide bonds. The fourth-order valence-corrected chi connectivity index (χ4v) is 3.73. The van der Waals surface area contributed by atoms with E-state index < -0.39 is 6.10 Å². The summed E-state index contributed by atoms with van der Waals surface area (Å²) in [5.74, 6) is 2.59. The van der Waals surface area contributed by atoms with Crippen LogP contribution < -0.4 is 10.6 Å². The minimum atomic E-state index is -0.623. The van der Waals surface area contributed by atoms with Crippen molar-refractivity contribution < 1.29 is 5.11 Å². The fourth-order valence-electron chi connectivity index (χ4n) is 2.68. The number of aryl methyl sites for hydroxylation is 1. The lowest BCUT2D eigenvalue weighted by atomic mass is 10.2. The van der Waals surface area contributed by atoms with Crippen LogP contribution in [0.3, 0.4) is 0 Å². The molecule has 138 valence electrons. The van der Waals surface area contributed by atoms with Crippen molar-refractivity contribution in [2.75, 3.05) is 13.6 Å². The maximum Gasteiger partial charge on any atom is 0.191 e. The van der Waals surface area contributed by atoms with E-state index in [-0.39, 0.29) is 24.0 Å². The number of aliphatic hydroxyl groups is 1. The topological polar surface area (TPSA) is 87.4 Å². The third kappa shape index (κ3) is 5.28. The average molecular weight is 497 g/mol. The molecule has 3 heterocycles. The Balaban J connectivity index is 0.00000225. The predicted octanol–water partition coefficient (Wildman–Crippen LogP) is 2.35. The molecule has 25 heavy (non-hydrogen) atoms. The van der Waals surface area contributed by atoms with Gasteiger partial charge in [0.25, 0.3) is 0 Å². The second-order valence-corrected chi connectivity index (χ2v) is 7.35. The molecule has 0 fully saturated rings. The zero-order valence-corrected chi connectivity index (χ0v) is 17.8. The van der Waals surface area contributed by atoms with Crippen molar-refractivity contribution in [2.24, 2.45) is 4.99 Å². The molecular weight excluding hydrogens is 475 g/mol. The number of halogens is 2. The van der Waals surface area contributed by atoms with Crippen molar-refractivity contribution in [3.8, 4) is 0 Å². The van der Waals surface area contributed by atoms with Gasteiger partial charge in [-0.2, -0.15) is 0 Å². The minimum absolute atomic E-state index is 0. The molecule has 10 heteroatoms. The van der Waals surface area contributed by atoms with Crippen LogP contribution in [0.25, 0.3) is 0 Å². The summed E-state index contributed by atoms with van der Waals surface area (Å²) >= 11 is 7.27. The molecule has 0 aliphatic carbocycles. The number of hydrogen-bond donors (Lipinski definition) is 3. The average Bonchev–Trinajstić information content (AvgIpc) is 3.21. The summed E-state index contributed by atoms with van der Waals surface area (Å²) in [5.41, 5.74) is 0. The first kappa shape index (κ1) is 20.4. The predicted molar refractivity (Wildman–Crippen MR) is 111 cm³/mol. The molecule has 3 N–H and O–H groups in total. The molecule has 1 aliphatic heterocycles. The highest BCUT2D eigenvalue weighted by Gasteiger charge is 2.16. The number of nitrogens with zero attached hydrogens (tertiary/aromatic N) is 4. The summed E-state index contributed by atoms with van der Waals surface area (Å²) in [5, 5.41) is 25.0. The van der Waals surface area contributed by atoms with Crippen molar-refractivity contribution in [1.29, 1.82) is 0 Å². The van der Waals surface area contributed by atoms with Crippen LogP contribution in [0.2, 0.25) is 4.34 Å². The Labute approximate surface area is 172 Å². The molecule has 3 rings (SSSR count). The van der Waals surface area contributed by atoms with Gasteiger partial charge in [0.2, 0.25) is 0 Å². The third-order valence-corrected chi connectivity index (χ3v) is 5.29. The summed E-state index contributed by atoms with van der Waals surface area (Å²) in [6.45, 7) is 1.88. The number of aliphatic hydroxyl groups excluding tert-OH is 1. The molecule has 0 bridgehead atoms. The third-order valence-electron chi connectivity index (χ3n) is 3.96. The van der Waals surface area contributed by atoms with Gasteiger partial charge in [0, 0.05) is 31.4 Å². The molecule has 7 nitrogen and oxygen atoms in total. The first-order chi connectivity index (χ1) is 11.7. The zero-order valence-electron chi connectivity index (χ0n) is 13.9. The largest absolute Gasteiger partial charge is 0.386 e. The molecule has 0 saturated carbocycles. The lowest BCUT2D eigenvalue weighted by Crippen LogP contribution is -2.39. The van der Waals surface area contributed by atoms with Crippen molar-refractivity contribution in [2.45, 2.75) is 38.5 Å². The molecule has 0 saturated heterocycles. The highest BCUT2D eigenvalue weighted by Crippen LogP contribution is 2.26. The van der Waals surface area contributed by atoms with E-state index in [1.165, 1.54) is 24.2 Å². The Hall–Kier alpha value is -0.910. The van der Waals surface area contributed by atoms with Crippen LogP contribution in [0.4, 0.5) is 0 Å². The molecule has 0 radical (unpaired) electrons. The number of aromatic nitrogens is 3. The van der Waals surface area contributed by atoms with E-state index in [1.54, 1.807) is 13.1 Å². The van der Waals surface area contributed by atoms with Gasteiger partial charge < -0.3 is 20.3 Å². The van der Waals surface area contributed by atoms with E-state index in [1.807, 2.05) is 6.07 Å². The van der Waals surface area contributed by atoms with Crippen molar-refractivity contribution in [1.82, 2.24) is 25.4 Å². The summed E-state index contributed by atoms with van der Waals surface area (Å²) in [6.07, 6.45) is 2.72. The monoisotopic (exact) mass is 496 g/mol. The van der Waals surface area contributed by atoms with Gasteiger partial charge in [0.05, 0.1) is 10.9 Å². The Kier molecular flexibility index (Phi) is 7.91. The Morgan fingerprint density at radius 3 is 2.96 bits per heavy atom. The van der Waals surface area contributed by atoms with Gasteiger partial charge in [0.1, 0.15) is 11.9 Å². The van der Waals surface area contributed by atoms with Crippen molar-refractivity contribution in [3.05, 3.63) is 33.0 Å². The summed E-state index contributed by atoms with van der Waals surface area (Å²) in [6, 6.07) is 3.62. The Morgan fingerprint density at radius 1 is 1.40 bits per heavy atom. The molecule has 1 atom stereocenters. The number of aliphatic imine (C=N–C) groups is 1. The van der Waals surface area contributed by atoms with Gasteiger partial charge in [-0.15, -0.1) is 45.5 Å². The molecule has 1 aliphatic rings. The smallest absolute Gasteiger partial charge is 0.191 e. The Morgan fingerprint density at radius 2 is 2.24 bits per heavy atom. The standard InChI is InChI=1S/C15H21ClN6OS.HI/c1-17-15(18-8-10(23)11-5-6-12(16)24-11)19-9-14-21-20-13-4-2-3-7-22(13)14;/h5-6,10,23H,2-4,7-9H2,1H3,(H2,17,18,19);1H. The molecule has 1 unspecified atom stereocenters. The summed E-state index contributed by atoms with van der Waals surface area (Å²) in [7, 11) is 1.70. The maximum absolute atomic E-state index is 10.2. The second kappa shape index (κ2) is 9.70. The van der Waals surface area contributed by atoms with Gasteiger partial charge in [-0.05, 0) is 25.0 Å². The van der Waals surface area contributed by atoms with Gasteiger partial charge >= 0.3 is 0 Å². The summed E-state index contributed by atoms with van der Waals surface area (Å²) < 4.78 is 2.84. The molecular formula is C15H22ClIN6OS. The normalized spacial score (nSPS) is 15.2. The van der Waals surface area contributed by atoms with Crippen LogP contribution in [0.5, 0.6) is 0 Å². The minimum Gasteiger partial charge on any atom is -0.386 e. The van der Waals surface area contributed by atoms with E-state index in [0.29, 0.717) is 23.4 Å². The number of guanidine groups is 1. The Bertz CT molecular complexity index is 719. The number of fused-ring (bicyclic) bond motifs is 1. The van der Waals surface area contributed by atoms with Crippen molar-refractivity contribution >= 4 is 52.9 Å². The van der Waals surface area contributed by atoms with Crippen LogP contribution in [0.15, 0.2) is 17.1 Å². The summed E-state index contributed by atoms with van der Waals surface area (Å²) in [4.78, 5) is 5.00. The first-order valence-corrected chi connectivity index (χ1v) is 9.15. The quantitative estimate of drug-likeness (QED) is 0.336. The van der Waals surface area contributed by atoms with Gasteiger partial charge in [-0.25, -0.2) is 0 Å². The number of thiophene rings is 1. The van der Waals surface area contributed by atoms with Crippen LogP contribution in [0.1, 0.15) is 35.5 Å². The highest BCUT2D eigenvalue weighted by molar-refractivity contribution is 14.0. The number of rotatable bonds is 5. The van der Waals surface area contributed by atoms with E-state index in [0.717, 1.165) is 29.5 Å². The second-order valence-electron chi connectivity index (χ2n) is 5.61. The maximum atomic E-state index is 10.2. The van der Waals surface area contributed by atoms with Crippen LogP contribution in [-0.2, 0) is 19.5 Å². The van der Waals surface area contributed by atoms with Crippen LogP contribution >= 0.6 is 46.9 Å². The first-order valence-electron chi connectivity index (χ1n) is 7.96. The SMILES string of the molecule is CN=C(NCc1nnc2n1CCCC2)NCC(O)c1ccc(Cl)s1.I. The number of hydrogen-bond acceptors (Lipinski definition) is 5. The molecule has 0 spiro atoms. The van der Waals surface area contributed by atoms with Crippen LogP contribution in [-0.4, -0.2) is 39.4 Å². The van der Waals surface area contributed by atoms with Gasteiger partial charge in [0.15, 0.2) is 11.8 Å². The zero-order chi connectivity index (χ0) is 16.9. The molecule has 2 aromatic heterocycles. The van der Waals surface area contributed by atoms with E-state index >= 15 is 0 Å². The fraction of sp³-hybridized carbons (Fsp3) is 0.533. The van der Waals surface area contributed by atoms with E-state index in [4.69, 9.17) is 11.6 Å². The number of nitrogens with one attached hydrogen (secondary N) is 2. The molecule has 0 aromatic carbocycles. The van der Waals surface area contributed by atoms with Crippen LogP contribution in [0, 0.1) is 0 Å². The van der Waals surface area contributed by atoms with E-state index in [2.05, 4.69) is 30.4 Å². The lowest BCUT2D eigenvalue weighted by molar-refractivity contribution is 0.184. The lowest BCUT2D eigenvalue weighted by Gasteiger charge is -2.17.